The summed E-state index contributed by atoms with van der Waals surface area (Å²) in [5.74, 6) is 0.529. The van der Waals surface area contributed by atoms with Crippen molar-refractivity contribution in [2.24, 2.45) is 22.5 Å². The Bertz CT molecular complexity index is 367. The second-order valence-electron chi connectivity index (χ2n) is 5.58. The van der Waals surface area contributed by atoms with Gasteiger partial charge in [0.05, 0.1) is 5.02 Å². The van der Waals surface area contributed by atoms with Crippen LogP contribution in [0.2, 0.25) is 5.02 Å². The second-order valence-corrected chi connectivity index (χ2v) is 6.93. The highest BCUT2D eigenvalue weighted by Crippen LogP contribution is 2.72. The summed E-state index contributed by atoms with van der Waals surface area (Å²) in [6.45, 7) is 9.16. The smallest absolute Gasteiger partial charge is 0.0561 e. The first kappa shape index (κ1) is 11.4. The van der Waals surface area contributed by atoms with E-state index in [1.54, 1.807) is 11.3 Å². The van der Waals surface area contributed by atoms with Crippen molar-refractivity contribution >= 4 is 22.9 Å². The van der Waals surface area contributed by atoms with Crippen molar-refractivity contribution in [2.45, 2.75) is 33.7 Å². The van der Waals surface area contributed by atoms with Gasteiger partial charge in [0.2, 0.25) is 0 Å². The summed E-state index contributed by atoms with van der Waals surface area (Å²) in [6.07, 6.45) is 0. The van der Waals surface area contributed by atoms with Crippen LogP contribution in [0.25, 0.3) is 0 Å². The van der Waals surface area contributed by atoms with E-state index in [2.05, 4.69) is 27.7 Å². The zero-order valence-electron chi connectivity index (χ0n) is 9.67. The minimum atomic E-state index is 0.0856. The van der Waals surface area contributed by atoms with Gasteiger partial charge in [-0.2, -0.15) is 0 Å². The van der Waals surface area contributed by atoms with Gasteiger partial charge >= 0.3 is 0 Å². The lowest BCUT2D eigenvalue weighted by Crippen LogP contribution is -2.15. The molecule has 1 saturated carbocycles. The van der Waals surface area contributed by atoms with Gasteiger partial charge in [0.25, 0.3) is 0 Å². The van der Waals surface area contributed by atoms with Crippen LogP contribution in [0, 0.1) is 16.7 Å². The molecule has 1 aromatic rings. The number of thiophene rings is 1. The van der Waals surface area contributed by atoms with Crippen molar-refractivity contribution in [2.75, 3.05) is 0 Å². The first-order valence-electron chi connectivity index (χ1n) is 5.28. The molecule has 1 fully saturated rings. The molecular formula is C12H18ClNS. The summed E-state index contributed by atoms with van der Waals surface area (Å²) in [5, 5.41) is 2.84. The van der Waals surface area contributed by atoms with Gasteiger partial charge in [0.15, 0.2) is 0 Å². The molecule has 0 amide bonds. The molecule has 1 aliphatic rings. The molecule has 0 bridgehead atoms. The molecule has 84 valence electrons. The molecule has 0 saturated heterocycles. The Balaban J connectivity index is 2.26. The summed E-state index contributed by atoms with van der Waals surface area (Å²) < 4.78 is 0. The average molecular weight is 244 g/mol. The molecule has 2 N–H and O–H groups in total. The summed E-state index contributed by atoms with van der Waals surface area (Å²) in [5.41, 5.74) is 6.96. The Kier molecular flexibility index (Phi) is 2.46. The first-order valence-corrected chi connectivity index (χ1v) is 6.54. The standard InChI is InChI=1S/C12H18ClNS/c1-11(2)10(12(11,3)4)8(14)9-7(13)5-6-15-9/h5-6,8,10H,14H2,1-4H3. The molecule has 2 rings (SSSR count). The lowest BCUT2D eigenvalue weighted by atomic mass is 10.0. The largest absolute Gasteiger partial charge is 0.323 e. The quantitative estimate of drug-likeness (QED) is 0.832. The van der Waals surface area contributed by atoms with Gasteiger partial charge in [-0.05, 0) is 28.2 Å². The zero-order valence-corrected chi connectivity index (χ0v) is 11.2. The van der Waals surface area contributed by atoms with Crippen LogP contribution in [0.5, 0.6) is 0 Å². The van der Waals surface area contributed by atoms with E-state index in [1.807, 2.05) is 11.4 Å². The van der Waals surface area contributed by atoms with Crippen molar-refractivity contribution in [3.63, 3.8) is 0 Å². The van der Waals surface area contributed by atoms with Crippen molar-refractivity contribution in [3.05, 3.63) is 21.3 Å². The number of nitrogens with two attached hydrogens (primary N) is 1. The van der Waals surface area contributed by atoms with Crippen molar-refractivity contribution in [1.29, 1.82) is 0 Å². The van der Waals surface area contributed by atoms with E-state index in [0.717, 1.165) is 9.90 Å². The lowest BCUT2D eigenvalue weighted by Gasteiger charge is -2.12. The van der Waals surface area contributed by atoms with Gasteiger partial charge in [-0.25, -0.2) is 0 Å². The fourth-order valence-corrected chi connectivity index (χ4v) is 4.06. The van der Waals surface area contributed by atoms with E-state index < -0.39 is 0 Å². The number of halogens is 1. The Labute approximate surface area is 101 Å². The molecule has 1 aromatic heterocycles. The van der Waals surface area contributed by atoms with Crippen molar-refractivity contribution < 1.29 is 0 Å². The Hall–Kier alpha value is -0.0500. The monoisotopic (exact) mass is 243 g/mol. The molecule has 1 unspecified atom stereocenters. The topological polar surface area (TPSA) is 26.0 Å². The van der Waals surface area contributed by atoms with E-state index in [-0.39, 0.29) is 6.04 Å². The lowest BCUT2D eigenvalue weighted by molar-refractivity contribution is 0.457. The maximum atomic E-state index is 6.32. The highest BCUT2D eigenvalue weighted by atomic mass is 35.5. The van der Waals surface area contributed by atoms with Gasteiger partial charge in [0, 0.05) is 10.9 Å². The Morgan fingerprint density at radius 1 is 1.33 bits per heavy atom. The third-order valence-electron chi connectivity index (χ3n) is 4.44. The molecule has 0 aromatic carbocycles. The van der Waals surface area contributed by atoms with E-state index >= 15 is 0 Å². The van der Waals surface area contributed by atoms with E-state index in [4.69, 9.17) is 17.3 Å². The Morgan fingerprint density at radius 3 is 2.20 bits per heavy atom. The first-order chi connectivity index (χ1) is 6.80. The molecule has 3 heteroatoms. The molecule has 1 aliphatic carbocycles. The number of hydrogen-bond donors (Lipinski definition) is 1. The highest BCUT2D eigenvalue weighted by molar-refractivity contribution is 7.10. The van der Waals surface area contributed by atoms with Crippen molar-refractivity contribution in [1.82, 2.24) is 0 Å². The van der Waals surface area contributed by atoms with Crippen molar-refractivity contribution in [3.8, 4) is 0 Å². The zero-order chi connectivity index (χ0) is 11.4. The molecule has 0 radical (unpaired) electrons. The summed E-state index contributed by atoms with van der Waals surface area (Å²) in [6, 6.07) is 2.02. The predicted molar refractivity (Wildman–Crippen MR) is 67.3 cm³/mol. The molecule has 15 heavy (non-hydrogen) atoms. The van der Waals surface area contributed by atoms with Crippen LogP contribution < -0.4 is 5.73 Å². The third-order valence-corrected chi connectivity index (χ3v) is 5.90. The predicted octanol–water partition coefficient (Wildman–Crippen LogP) is 4.08. The SMILES string of the molecule is CC1(C)C(C(N)c2sccc2Cl)C1(C)C. The fraction of sp³-hybridized carbons (Fsp3) is 0.667. The van der Waals surface area contributed by atoms with Crippen LogP contribution in [0.4, 0.5) is 0 Å². The van der Waals surface area contributed by atoms with Crippen LogP contribution in [-0.4, -0.2) is 0 Å². The van der Waals surface area contributed by atoms with Crippen LogP contribution in [0.3, 0.4) is 0 Å². The average Bonchev–Trinajstić information content (AvgIpc) is 2.48. The molecule has 1 heterocycles. The van der Waals surface area contributed by atoms with Crippen LogP contribution in [0.15, 0.2) is 11.4 Å². The minimum Gasteiger partial charge on any atom is -0.323 e. The number of rotatable bonds is 2. The molecule has 1 atom stereocenters. The Morgan fingerprint density at radius 2 is 1.87 bits per heavy atom. The van der Waals surface area contributed by atoms with Gasteiger partial charge in [-0.15, -0.1) is 11.3 Å². The molecular weight excluding hydrogens is 226 g/mol. The summed E-state index contributed by atoms with van der Waals surface area (Å²) in [4.78, 5) is 1.14. The fourth-order valence-electron chi connectivity index (χ4n) is 2.84. The van der Waals surface area contributed by atoms with Gasteiger partial charge in [-0.1, -0.05) is 39.3 Å². The third kappa shape index (κ3) is 1.46. The summed E-state index contributed by atoms with van der Waals surface area (Å²) in [7, 11) is 0. The maximum Gasteiger partial charge on any atom is 0.0561 e. The van der Waals surface area contributed by atoms with Crippen LogP contribution in [-0.2, 0) is 0 Å². The molecule has 0 aliphatic heterocycles. The minimum absolute atomic E-state index is 0.0856. The van der Waals surface area contributed by atoms with E-state index in [1.165, 1.54) is 0 Å². The second kappa shape index (κ2) is 3.22. The number of hydrogen-bond acceptors (Lipinski definition) is 2. The van der Waals surface area contributed by atoms with Gasteiger partial charge in [-0.3, -0.25) is 0 Å². The van der Waals surface area contributed by atoms with Gasteiger partial charge < -0.3 is 5.73 Å². The van der Waals surface area contributed by atoms with E-state index in [0.29, 0.717) is 16.7 Å². The normalized spacial score (nSPS) is 25.2. The molecule has 1 nitrogen and oxygen atoms in total. The molecule has 0 spiro atoms. The van der Waals surface area contributed by atoms with E-state index in [9.17, 15) is 0 Å². The van der Waals surface area contributed by atoms with Crippen LogP contribution in [0.1, 0.15) is 38.6 Å². The summed E-state index contributed by atoms with van der Waals surface area (Å²) >= 11 is 7.79. The van der Waals surface area contributed by atoms with Gasteiger partial charge in [0.1, 0.15) is 0 Å². The van der Waals surface area contributed by atoms with Crippen LogP contribution >= 0.6 is 22.9 Å². The highest BCUT2D eigenvalue weighted by Gasteiger charge is 2.66. The maximum absolute atomic E-state index is 6.32.